The maximum atomic E-state index is 11.7. The first-order valence-corrected chi connectivity index (χ1v) is 10.6. The number of hydrogen-bond acceptors (Lipinski definition) is 4. The van der Waals surface area contributed by atoms with Crippen molar-refractivity contribution in [2.45, 2.75) is 84.0 Å². The number of benzene rings is 1. The molecule has 152 valence electrons. The van der Waals surface area contributed by atoms with Crippen molar-refractivity contribution < 1.29 is 19.1 Å². The van der Waals surface area contributed by atoms with Crippen LogP contribution in [0.25, 0.3) is 0 Å². The minimum absolute atomic E-state index is 0.117. The SMILES string of the molecule is CCCCCCCOC(=O)CCCCCC(=O)OCCCc1ccccc1. The van der Waals surface area contributed by atoms with Crippen molar-refractivity contribution in [2.75, 3.05) is 13.2 Å². The molecule has 27 heavy (non-hydrogen) atoms. The highest BCUT2D eigenvalue weighted by molar-refractivity contribution is 5.69. The molecule has 0 aromatic heterocycles. The molecule has 0 aliphatic heterocycles. The van der Waals surface area contributed by atoms with E-state index in [1.54, 1.807) is 0 Å². The molecule has 4 nitrogen and oxygen atoms in total. The maximum absolute atomic E-state index is 11.7. The van der Waals surface area contributed by atoms with E-state index >= 15 is 0 Å². The molecule has 1 aromatic carbocycles. The molecule has 0 spiro atoms. The Bertz CT molecular complexity index is 498. The number of aryl methyl sites for hydroxylation is 1. The van der Waals surface area contributed by atoms with E-state index in [1.807, 2.05) is 18.2 Å². The van der Waals surface area contributed by atoms with Gasteiger partial charge in [0.1, 0.15) is 0 Å². The molecule has 0 aliphatic carbocycles. The van der Waals surface area contributed by atoms with Crippen molar-refractivity contribution in [2.24, 2.45) is 0 Å². The summed E-state index contributed by atoms with van der Waals surface area (Å²) in [7, 11) is 0. The van der Waals surface area contributed by atoms with Gasteiger partial charge in [-0.3, -0.25) is 9.59 Å². The van der Waals surface area contributed by atoms with E-state index in [1.165, 1.54) is 24.8 Å². The fraction of sp³-hybridized carbons (Fsp3) is 0.652. The summed E-state index contributed by atoms with van der Waals surface area (Å²) in [6.45, 7) is 3.20. The van der Waals surface area contributed by atoms with Gasteiger partial charge in [-0.05, 0) is 37.7 Å². The van der Waals surface area contributed by atoms with Gasteiger partial charge in [0.15, 0.2) is 0 Å². The summed E-state index contributed by atoms with van der Waals surface area (Å²) < 4.78 is 10.5. The second-order valence-corrected chi connectivity index (χ2v) is 7.00. The Balaban J connectivity index is 1.88. The van der Waals surface area contributed by atoms with Crippen LogP contribution in [-0.4, -0.2) is 25.2 Å². The molecule has 0 saturated heterocycles. The van der Waals surface area contributed by atoms with Crippen LogP contribution in [-0.2, 0) is 25.5 Å². The molecule has 0 fully saturated rings. The Hall–Kier alpha value is -1.84. The van der Waals surface area contributed by atoms with Gasteiger partial charge in [0.2, 0.25) is 0 Å². The third-order valence-electron chi connectivity index (χ3n) is 4.49. The molecule has 4 heteroatoms. The van der Waals surface area contributed by atoms with Crippen LogP contribution in [0.3, 0.4) is 0 Å². The number of carbonyl (C=O) groups excluding carboxylic acids is 2. The van der Waals surface area contributed by atoms with Crippen LogP contribution in [0.15, 0.2) is 30.3 Å². The molecule has 0 aliphatic rings. The Kier molecular flexibility index (Phi) is 14.0. The molecule has 0 N–H and O–H groups in total. The number of ether oxygens (including phenoxy) is 2. The summed E-state index contributed by atoms with van der Waals surface area (Å²) in [5.41, 5.74) is 1.27. The zero-order chi connectivity index (χ0) is 19.6. The number of carbonyl (C=O) groups is 2. The van der Waals surface area contributed by atoms with Gasteiger partial charge in [-0.25, -0.2) is 0 Å². The average molecular weight is 377 g/mol. The van der Waals surface area contributed by atoms with Gasteiger partial charge in [0.05, 0.1) is 13.2 Å². The average Bonchev–Trinajstić information content (AvgIpc) is 2.68. The first-order chi connectivity index (χ1) is 13.2. The molecular weight excluding hydrogens is 340 g/mol. The minimum atomic E-state index is -0.141. The largest absolute Gasteiger partial charge is 0.466 e. The van der Waals surface area contributed by atoms with Crippen molar-refractivity contribution in [1.82, 2.24) is 0 Å². The molecule has 0 heterocycles. The topological polar surface area (TPSA) is 52.6 Å². The van der Waals surface area contributed by atoms with Crippen LogP contribution in [0.5, 0.6) is 0 Å². The highest BCUT2D eigenvalue weighted by Gasteiger charge is 2.05. The first-order valence-electron chi connectivity index (χ1n) is 10.6. The highest BCUT2D eigenvalue weighted by Crippen LogP contribution is 2.08. The van der Waals surface area contributed by atoms with Gasteiger partial charge in [-0.1, -0.05) is 69.4 Å². The molecule has 1 aromatic rings. The van der Waals surface area contributed by atoms with Gasteiger partial charge in [-0.15, -0.1) is 0 Å². The van der Waals surface area contributed by atoms with Crippen molar-refractivity contribution in [1.29, 1.82) is 0 Å². The van der Waals surface area contributed by atoms with Crippen molar-refractivity contribution in [3.05, 3.63) is 35.9 Å². The number of hydrogen-bond donors (Lipinski definition) is 0. The van der Waals surface area contributed by atoms with Crippen LogP contribution in [0.4, 0.5) is 0 Å². The molecular formula is C23H36O4. The third-order valence-corrected chi connectivity index (χ3v) is 4.49. The Morgan fingerprint density at radius 2 is 1.26 bits per heavy atom. The van der Waals surface area contributed by atoms with E-state index in [0.717, 1.165) is 44.9 Å². The normalized spacial score (nSPS) is 10.6. The fourth-order valence-electron chi connectivity index (χ4n) is 2.86. The van der Waals surface area contributed by atoms with Crippen LogP contribution < -0.4 is 0 Å². The Labute approximate surface area is 164 Å². The van der Waals surface area contributed by atoms with Gasteiger partial charge >= 0.3 is 11.9 Å². The second kappa shape index (κ2) is 16.3. The van der Waals surface area contributed by atoms with Gasteiger partial charge in [0.25, 0.3) is 0 Å². The molecule has 0 atom stereocenters. The maximum Gasteiger partial charge on any atom is 0.305 e. The molecule has 0 amide bonds. The number of unbranched alkanes of at least 4 members (excludes halogenated alkanes) is 6. The summed E-state index contributed by atoms with van der Waals surface area (Å²) in [5.74, 6) is -0.258. The molecule has 0 radical (unpaired) electrons. The lowest BCUT2D eigenvalue weighted by Gasteiger charge is -2.06. The van der Waals surface area contributed by atoms with Crippen LogP contribution in [0.1, 0.15) is 83.1 Å². The van der Waals surface area contributed by atoms with Gasteiger partial charge in [-0.2, -0.15) is 0 Å². The van der Waals surface area contributed by atoms with E-state index in [2.05, 4.69) is 19.1 Å². The van der Waals surface area contributed by atoms with E-state index in [-0.39, 0.29) is 11.9 Å². The lowest BCUT2D eigenvalue weighted by Crippen LogP contribution is -2.07. The molecule has 1 rings (SSSR count). The zero-order valence-electron chi connectivity index (χ0n) is 16.9. The number of esters is 2. The van der Waals surface area contributed by atoms with E-state index in [4.69, 9.17) is 9.47 Å². The van der Waals surface area contributed by atoms with Crippen molar-refractivity contribution >= 4 is 11.9 Å². The summed E-state index contributed by atoms with van der Waals surface area (Å²) in [4.78, 5) is 23.3. The monoisotopic (exact) mass is 376 g/mol. The quantitative estimate of drug-likeness (QED) is 0.277. The minimum Gasteiger partial charge on any atom is -0.466 e. The lowest BCUT2D eigenvalue weighted by molar-refractivity contribution is -0.144. The van der Waals surface area contributed by atoms with Gasteiger partial charge < -0.3 is 9.47 Å². The summed E-state index contributed by atoms with van der Waals surface area (Å²) in [6, 6.07) is 10.2. The molecule has 0 saturated carbocycles. The van der Waals surface area contributed by atoms with Crippen molar-refractivity contribution in [3.63, 3.8) is 0 Å². The number of rotatable bonds is 16. The zero-order valence-corrected chi connectivity index (χ0v) is 16.9. The summed E-state index contributed by atoms with van der Waals surface area (Å²) in [6.07, 6.45) is 10.8. The smallest absolute Gasteiger partial charge is 0.305 e. The van der Waals surface area contributed by atoms with Crippen molar-refractivity contribution in [3.8, 4) is 0 Å². The van der Waals surface area contributed by atoms with Crippen LogP contribution >= 0.6 is 0 Å². The third kappa shape index (κ3) is 14.0. The highest BCUT2D eigenvalue weighted by atomic mass is 16.5. The standard InChI is InChI=1S/C23H36O4/c1-2-3-4-5-12-19-26-22(24)17-10-7-11-18-23(25)27-20-13-16-21-14-8-6-9-15-21/h6,8-9,14-15H,2-5,7,10-13,16-20H2,1H3. The Morgan fingerprint density at radius 1 is 0.704 bits per heavy atom. The predicted octanol–water partition coefficient (Wildman–Crippen LogP) is 5.63. The molecule has 0 bridgehead atoms. The van der Waals surface area contributed by atoms with E-state index < -0.39 is 0 Å². The fourth-order valence-corrected chi connectivity index (χ4v) is 2.86. The van der Waals surface area contributed by atoms with E-state index in [0.29, 0.717) is 26.1 Å². The molecule has 0 unspecified atom stereocenters. The van der Waals surface area contributed by atoms with E-state index in [9.17, 15) is 9.59 Å². The Morgan fingerprint density at radius 3 is 1.89 bits per heavy atom. The second-order valence-electron chi connectivity index (χ2n) is 7.00. The summed E-state index contributed by atoms with van der Waals surface area (Å²) in [5, 5.41) is 0. The lowest BCUT2D eigenvalue weighted by atomic mass is 10.1. The predicted molar refractivity (Wildman–Crippen MR) is 109 cm³/mol. The van der Waals surface area contributed by atoms with Crippen LogP contribution in [0, 0.1) is 0 Å². The van der Waals surface area contributed by atoms with Crippen LogP contribution in [0.2, 0.25) is 0 Å². The van der Waals surface area contributed by atoms with Gasteiger partial charge in [0, 0.05) is 12.8 Å². The summed E-state index contributed by atoms with van der Waals surface area (Å²) >= 11 is 0. The first kappa shape index (κ1) is 23.2.